The number of aromatic nitrogens is 1. The number of piperidine rings is 1. The van der Waals surface area contributed by atoms with Gasteiger partial charge < -0.3 is 24.4 Å². The molecule has 0 spiro atoms. The molecular weight excluding hydrogens is 659 g/mol. The number of nitrogens with one attached hydrogen (secondary N) is 1. The fraction of sp³-hybridized carbons (Fsp3) is 0.565. The Balaban J connectivity index is 1.32. The molecule has 6 rings (SSSR count). The van der Waals surface area contributed by atoms with E-state index >= 15 is 0 Å². The molecule has 1 amide bonds. The number of unbranched alkanes of at least 4 members (excludes halogenated alkanes) is 4. The zero-order chi connectivity index (χ0) is 37.6. The second-order valence-electron chi connectivity index (χ2n) is 17.1. The number of anilines is 1. The van der Waals surface area contributed by atoms with Crippen LogP contribution in [0.15, 0.2) is 61.0 Å². The first kappa shape index (κ1) is 38.7. The molecule has 2 aliphatic heterocycles. The second-order valence-corrected chi connectivity index (χ2v) is 17.1. The van der Waals surface area contributed by atoms with Crippen molar-refractivity contribution < 1.29 is 19.0 Å². The van der Waals surface area contributed by atoms with Crippen LogP contribution < -0.4 is 14.8 Å². The summed E-state index contributed by atoms with van der Waals surface area (Å²) in [5.74, 6) is 4.11. The van der Waals surface area contributed by atoms with Crippen molar-refractivity contribution in [2.45, 2.75) is 136 Å². The summed E-state index contributed by atoms with van der Waals surface area (Å²) in [6, 6.07) is 16.8. The fourth-order valence-electron chi connectivity index (χ4n) is 8.56. The Morgan fingerprint density at radius 1 is 1.08 bits per heavy atom. The molecule has 3 aromatic rings. The molecule has 2 aromatic carbocycles. The molecule has 1 saturated carbocycles. The van der Waals surface area contributed by atoms with E-state index in [0.29, 0.717) is 30.7 Å². The zero-order valence-corrected chi connectivity index (χ0v) is 33.3. The van der Waals surface area contributed by atoms with Crippen LogP contribution in [0.4, 0.5) is 5.82 Å². The van der Waals surface area contributed by atoms with Gasteiger partial charge in [-0.25, -0.2) is 4.98 Å². The molecule has 3 atom stereocenters. The number of pyridine rings is 1. The van der Waals surface area contributed by atoms with E-state index in [2.05, 4.69) is 87.8 Å². The molecule has 2 unspecified atom stereocenters. The number of carbonyl (C=O) groups excluding carboxylic acids is 1. The van der Waals surface area contributed by atoms with Crippen LogP contribution in [-0.2, 0) is 29.0 Å². The van der Waals surface area contributed by atoms with Gasteiger partial charge in [-0.3, -0.25) is 4.79 Å². The standard InChI is InChI=1S/C46H63N3O4/c1-8-9-10-11-12-26-46(6)29-36(46)21-20-34-15-13-17-41(52-31-33-18-22-37(51-7)23-19-33)43(34)40-28-39(38-24-25-42(50)48-44(38)47-40)35-16-14-27-49(30-35)32(2)53-45(3,4)5/h13,15,17-19,22-23,28,35-36H,2,8-12,14,16,20-21,24-27,29-31H2,1,3-7H3,(H,47,48,50)/t35-,36?,46?/m0/s1. The van der Waals surface area contributed by atoms with Crippen LogP contribution in [0, 0.1) is 11.3 Å². The summed E-state index contributed by atoms with van der Waals surface area (Å²) in [6.45, 7) is 17.5. The number of nitrogens with zero attached hydrogens (tertiary/aromatic N) is 2. The van der Waals surface area contributed by atoms with E-state index in [9.17, 15) is 4.79 Å². The molecule has 1 saturated heterocycles. The molecule has 7 nitrogen and oxygen atoms in total. The van der Waals surface area contributed by atoms with Crippen molar-refractivity contribution >= 4 is 11.7 Å². The molecular formula is C46H63N3O4. The molecule has 53 heavy (non-hydrogen) atoms. The summed E-state index contributed by atoms with van der Waals surface area (Å²) >= 11 is 0. The molecule has 3 heterocycles. The van der Waals surface area contributed by atoms with Gasteiger partial charge in [-0.1, -0.05) is 70.2 Å². The van der Waals surface area contributed by atoms with Gasteiger partial charge in [0.2, 0.25) is 5.91 Å². The minimum Gasteiger partial charge on any atom is -0.497 e. The van der Waals surface area contributed by atoms with E-state index in [-0.39, 0.29) is 17.4 Å². The second kappa shape index (κ2) is 17.0. The Bertz CT molecular complexity index is 1730. The largest absolute Gasteiger partial charge is 0.497 e. The summed E-state index contributed by atoms with van der Waals surface area (Å²) in [6.07, 6.45) is 14.7. The lowest BCUT2D eigenvalue weighted by atomic mass is 9.84. The fourth-order valence-corrected chi connectivity index (χ4v) is 8.56. The Kier molecular flexibility index (Phi) is 12.4. The normalized spacial score (nSPS) is 21.1. The SMILES string of the molecule is C=C(OC(C)(C)C)N1CCC[C@H](c2cc(-c3c(CCC4CC4(C)CCCCCCC)cccc3OCc3ccc(OC)cc3)nc3c2CCC(=O)N3)C1. The molecule has 7 heteroatoms. The van der Waals surface area contributed by atoms with Gasteiger partial charge in [-0.05, 0) is 130 Å². The Labute approximate surface area is 318 Å². The summed E-state index contributed by atoms with van der Waals surface area (Å²) in [5.41, 5.74) is 6.83. The summed E-state index contributed by atoms with van der Waals surface area (Å²) in [5, 5.41) is 3.17. The number of ether oxygens (including phenoxy) is 3. The minimum atomic E-state index is -0.310. The molecule has 0 radical (unpaired) electrons. The lowest BCUT2D eigenvalue weighted by Gasteiger charge is -2.38. The maximum atomic E-state index is 12.8. The van der Waals surface area contributed by atoms with Gasteiger partial charge in [0.15, 0.2) is 5.88 Å². The highest BCUT2D eigenvalue weighted by atomic mass is 16.5. The summed E-state index contributed by atoms with van der Waals surface area (Å²) in [4.78, 5) is 20.4. The Hall–Kier alpha value is -4.00. The number of hydrogen-bond donors (Lipinski definition) is 1. The van der Waals surface area contributed by atoms with Gasteiger partial charge in [0.25, 0.3) is 0 Å². The number of aryl methyl sites for hydroxylation is 1. The average Bonchev–Trinajstić information content (AvgIpc) is 3.80. The topological polar surface area (TPSA) is 72.9 Å². The summed E-state index contributed by atoms with van der Waals surface area (Å²) in [7, 11) is 1.68. The third kappa shape index (κ3) is 9.96. The molecule has 1 aliphatic carbocycles. The number of amides is 1. The molecule has 2 fully saturated rings. The van der Waals surface area contributed by atoms with Crippen LogP contribution >= 0.6 is 0 Å². The minimum absolute atomic E-state index is 0.0253. The van der Waals surface area contributed by atoms with Crippen molar-refractivity contribution in [2.24, 2.45) is 11.3 Å². The highest BCUT2D eigenvalue weighted by Crippen LogP contribution is 2.58. The molecule has 3 aliphatic rings. The number of benzene rings is 2. The number of rotatable bonds is 17. The lowest BCUT2D eigenvalue weighted by Crippen LogP contribution is -2.37. The summed E-state index contributed by atoms with van der Waals surface area (Å²) < 4.78 is 18.3. The number of likely N-dealkylation sites (tertiary alicyclic amines) is 1. The van der Waals surface area contributed by atoms with Crippen molar-refractivity contribution in [3.8, 4) is 22.8 Å². The monoisotopic (exact) mass is 721 g/mol. The van der Waals surface area contributed by atoms with Crippen LogP contribution in [-0.4, -0.2) is 41.6 Å². The Morgan fingerprint density at radius 3 is 2.62 bits per heavy atom. The van der Waals surface area contributed by atoms with E-state index in [1.165, 1.54) is 56.1 Å². The average molecular weight is 722 g/mol. The van der Waals surface area contributed by atoms with Crippen LogP contribution in [0.2, 0.25) is 0 Å². The van der Waals surface area contributed by atoms with Crippen LogP contribution in [0.1, 0.15) is 133 Å². The van der Waals surface area contributed by atoms with Crippen molar-refractivity contribution in [3.63, 3.8) is 0 Å². The highest BCUT2D eigenvalue weighted by molar-refractivity contribution is 5.93. The Morgan fingerprint density at radius 2 is 1.87 bits per heavy atom. The number of fused-ring (bicyclic) bond motifs is 1. The highest BCUT2D eigenvalue weighted by Gasteiger charge is 2.48. The van der Waals surface area contributed by atoms with Gasteiger partial charge in [0, 0.05) is 31.0 Å². The van der Waals surface area contributed by atoms with Gasteiger partial charge >= 0.3 is 0 Å². The van der Waals surface area contributed by atoms with E-state index < -0.39 is 0 Å². The molecule has 0 bridgehead atoms. The van der Waals surface area contributed by atoms with E-state index in [1.54, 1.807) is 7.11 Å². The predicted octanol–water partition coefficient (Wildman–Crippen LogP) is 11.0. The number of methoxy groups -OCH3 is 1. The first-order chi connectivity index (χ1) is 25.5. The first-order valence-corrected chi connectivity index (χ1v) is 20.3. The van der Waals surface area contributed by atoms with Gasteiger partial charge in [0.1, 0.15) is 29.5 Å². The maximum absolute atomic E-state index is 12.8. The molecule has 1 aromatic heterocycles. The van der Waals surface area contributed by atoms with Crippen molar-refractivity contribution in [2.75, 3.05) is 25.5 Å². The van der Waals surface area contributed by atoms with E-state index in [4.69, 9.17) is 19.2 Å². The van der Waals surface area contributed by atoms with Gasteiger partial charge in [-0.2, -0.15) is 0 Å². The number of hydrogen-bond acceptors (Lipinski definition) is 6. The van der Waals surface area contributed by atoms with Crippen LogP contribution in [0.3, 0.4) is 0 Å². The lowest BCUT2D eigenvalue weighted by molar-refractivity contribution is -0.116. The molecule has 286 valence electrons. The quantitative estimate of drug-likeness (QED) is 0.110. The third-order valence-electron chi connectivity index (χ3n) is 11.7. The van der Waals surface area contributed by atoms with E-state index in [1.807, 2.05) is 12.1 Å². The van der Waals surface area contributed by atoms with Crippen molar-refractivity contribution in [1.29, 1.82) is 0 Å². The van der Waals surface area contributed by atoms with Gasteiger partial charge in [0.05, 0.1) is 12.8 Å². The zero-order valence-electron chi connectivity index (χ0n) is 33.3. The third-order valence-corrected chi connectivity index (χ3v) is 11.7. The maximum Gasteiger partial charge on any atom is 0.225 e. The predicted molar refractivity (Wildman–Crippen MR) is 215 cm³/mol. The van der Waals surface area contributed by atoms with E-state index in [0.717, 1.165) is 84.5 Å². The first-order valence-electron chi connectivity index (χ1n) is 20.3. The van der Waals surface area contributed by atoms with Crippen LogP contribution in [0.5, 0.6) is 11.5 Å². The van der Waals surface area contributed by atoms with Crippen LogP contribution in [0.25, 0.3) is 11.3 Å². The smallest absolute Gasteiger partial charge is 0.225 e. The van der Waals surface area contributed by atoms with Gasteiger partial charge in [-0.15, -0.1) is 0 Å². The molecule has 1 N–H and O–H groups in total. The van der Waals surface area contributed by atoms with Crippen molar-refractivity contribution in [1.82, 2.24) is 9.88 Å². The van der Waals surface area contributed by atoms with Crippen molar-refractivity contribution in [3.05, 3.63) is 83.2 Å². The number of carbonyl (C=O) groups is 1.